The van der Waals surface area contributed by atoms with Gasteiger partial charge in [-0.3, -0.25) is 0 Å². The maximum Gasteiger partial charge on any atom is 0.321 e. The number of aromatic nitrogens is 2. The van der Waals surface area contributed by atoms with Crippen LogP contribution in [0.4, 0.5) is 6.01 Å². The zero-order valence-electron chi connectivity index (χ0n) is 12.7. The van der Waals surface area contributed by atoms with Gasteiger partial charge in [0, 0.05) is 12.5 Å². The van der Waals surface area contributed by atoms with Crippen molar-refractivity contribution in [3.63, 3.8) is 0 Å². The highest BCUT2D eigenvalue weighted by atomic mass is 16.5. The molecular weight excluding hydrogens is 238 g/mol. The van der Waals surface area contributed by atoms with Crippen LogP contribution in [-0.4, -0.2) is 16.7 Å². The fourth-order valence-electron chi connectivity index (χ4n) is 2.92. The Hall–Kier alpha value is -1.06. The lowest BCUT2D eigenvalue weighted by atomic mass is 9.70. The predicted octanol–water partition coefficient (Wildman–Crippen LogP) is 4.21. The van der Waals surface area contributed by atoms with Crippen molar-refractivity contribution in [1.29, 1.82) is 0 Å². The van der Waals surface area contributed by atoms with Crippen molar-refractivity contribution < 1.29 is 4.52 Å². The monoisotopic (exact) mass is 265 g/mol. The first-order chi connectivity index (χ1) is 9.00. The molecule has 0 spiro atoms. The van der Waals surface area contributed by atoms with Crippen LogP contribution < -0.4 is 5.32 Å². The van der Waals surface area contributed by atoms with Crippen LogP contribution in [0.3, 0.4) is 0 Å². The minimum atomic E-state index is 0.427. The van der Waals surface area contributed by atoms with E-state index in [0.717, 1.165) is 24.7 Å². The second-order valence-corrected chi connectivity index (χ2v) is 6.80. The molecule has 1 heterocycles. The SMILES string of the molecule is CCCNc1nc(C2CCC(C(C)(C)C)CC2)no1. The Labute approximate surface area is 116 Å². The second kappa shape index (κ2) is 5.93. The summed E-state index contributed by atoms with van der Waals surface area (Å²) in [7, 11) is 0. The average Bonchev–Trinajstić information content (AvgIpc) is 2.84. The van der Waals surface area contributed by atoms with Crippen molar-refractivity contribution in [2.24, 2.45) is 11.3 Å². The fraction of sp³-hybridized carbons (Fsp3) is 0.867. The number of anilines is 1. The van der Waals surface area contributed by atoms with E-state index in [-0.39, 0.29) is 0 Å². The standard InChI is InChI=1S/C15H27N3O/c1-5-10-16-14-17-13(18-19-14)11-6-8-12(9-7-11)15(2,3)4/h11-12H,5-10H2,1-4H3,(H,16,17,18). The first kappa shape index (κ1) is 14.4. The van der Waals surface area contributed by atoms with E-state index in [4.69, 9.17) is 4.52 Å². The number of rotatable bonds is 4. The lowest BCUT2D eigenvalue weighted by Crippen LogP contribution is -2.25. The zero-order chi connectivity index (χ0) is 13.9. The Kier molecular flexibility index (Phi) is 4.48. The van der Waals surface area contributed by atoms with Crippen molar-refractivity contribution in [2.45, 2.75) is 65.7 Å². The first-order valence-corrected chi connectivity index (χ1v) is 7.58. The molecule has 4 heteroatoms. The molecule has 19 heavy (non-hydrogen) atoms. The Morgan fingerprint density at radius 2 is 1.89 bits per heavy atom. The van der Waals surface area contributed by atoms with Gasteiger partial charge in [-0.15, -0.1) is 0 Å². The third kappa shape index (κ3) is 3.71. The summed E-state index contributed by atoms with van der Waals surface area (Å²) in [4.78, 5) is 4.47. The highest BCUT2D eigenvalue weighted by Crippen LogP contribution is 2.42. The van der Waals surface area contributed by atoms with Crippen LogP contribution in [0, 0.1) is 11.3 Å². The molecule has 0 unspecified atom stereocenters. The van der Waals surface area contributed by atoms with Gasteiger partial charge in [0.25, 0.3) is 0 Å². The van der Waals surface area contributed by atoms with Gasteiger partial charge in [0.15, 0.2) is 5.82 Å². The number of nitrogens with zero attached hydrogens (tertiary/aromatic N) is 2. The van der Waals surface area contributed by atoms with E-state index in [2.05, 4.69) is 43.2 Å². The normalized spacial score (nSPS) is 24.4. The molecule has 2 rings (SSSR count). The van der Waals surface area contributed by atoms with Gasteiger partial charge in [0.05, 0.1) is 0 Å². The molecule has 4 nitrogen and oxygen atoms in total. The van der Waals surface area contributed by atoms with Crippen molar-refractivity contribution in [3.05, 3.63) is 5.82 Å². The molecule has 108 valence electrons. The molecule has 0 amide bonds. The van der Waals surface area contributed by atoms with Crippen LogP contribution >= 0.6 is 0 Å². The molecule has 0 aliphatic heterocycles. The molecule has 1 aliphatic carbocycles. The van der Waals surface area contributed by atoms with Gasteiger partial charge < -0.3 is 9.84 Å². The van der Waals surface area contributed by atoms with E-state index in [1.165, 1.54) is 25.7 Å². The molecule has 1 N–H and O–H groups in total. The zero-order valence-corrected chi connectivity index (χ0v) is 12.7. The quantitative estimate of drug-likeness (QED) is 0.886. The fourth-order valence-corrected chi connectivity index (χ4v) is 2.92. The molecule has 1 fully saturated rings. The molecule has 0 bridgehead atoms. The van der Waals surface area contributed by atoms with Gasteiger partial charge in [-0.1, -0.05) is 32.9 Å². The smallest absolute Gasteiger partial charge is 0.321 e. The minimum absolute atomic E-state index is 0.427. The van der Waals surface area contributed by atoms with Gasteiger partial charge in [0.2, 0.25) is 0 Å². The second-order valence-electron chi connectivity index (χ2n) is 6.80. The highest BCUT2D eigenvalue weighted by Gasteiger charge is 2.31. The molecule has 1 aromatic heterocycles. The molecule has 0 radical (unpaired) electrons. The Morgan fingerprint density at radius 3 is 2.47 bits per heavy atom. The van der Waals surface area contributed by atoms with Crippen LogP contribution in [0.15, 0.2) is 4.52 Å². The summed E-state index contributed by atoms with van der Waals surface area (Å²) in [6.07, 6.45) is 6.00. The van der Waals surface area contributed by atoms with Crippen LogP contribution in [0.1, 0.15) is 71.5 Å². The Balaban J connectivity index is 1.89. The van der Waals surface area contributed by atoms with Crippen molar-refractivity contribution in [2.75, 3.05) is 11.9 Å². The molecule has 0 aromatic carbocycles. The predicted molar refractivity (Wildman–Crippen MR) is 77.2 cm³/mol. The largest absolute Gasteiger partial charge is 0.338 e. The Morgan fingerprint density at radius 1 is 1.21 bits per heavy atom. The van der Waals surface area contributed by atoms with E-state index in [1.807, 2.05) is 0 Å². The summed E-state index contributed by atoms with van der Waals surface area (Å²) in [6.45, 7) is 10.0. The number of hydrogen-bond acceptors (Lipinski definition) is 4. The van der Waals surface area contributed by atoms with E-state index >= 15 is 0 Å². The molecule has 0 saturated heterocycles. The minimum Gasteiger partial charge on any atom is -0.338 e. The molecule has 1 aliphatic rings. The van der Waals surface area contributed by atoms with Crippen molar-refractivity contribution in [1.82, 2.24) is 10.1 Å². The third-order valence-electron chi connectivity index (χ3n) is 4.29. The number of hydrogen-bond donors (Lipinski definition) is 1. The third-order valence-corrected chi connectivity index (χ3v) is 4.29. The summed E-state index contributed by atoms with van der Waals surface area (Å²) < 4.78 is 5.24. The average molecular weight is 265 g/mol. The Bertz CT molecular complexity index is 386. The van der Waals surface area contributed by atoms with Crippen molar-refractivity contribution >= 4 is 6.01 Å². The molecule has 1 aromatic rings. The lowest BCUT2D eigenvalue weighted by molar-refractivity contribution is 0.166. The summed E-state index contributed by atoms with van der Waals surface area (Å²) in [6, 6.07) is 0.579. The van der Waals surface area contributed by atoms with Gasteiger partial charge in [0.1, 0.15) is 0 Å². The van der Waals surface area contributed by atoms with E-state index in [1.54, 1.807) is 0 Å². The maximum absolute atomic E-state index is 5.24. The van der Waals surface area contributed by atoms with E-state index in [9.17, 15) is 0 Å². The van der Waals surface area contributed by atoms with Crippen LogP contribution in [0.5, 0.6) is 0 Å². The molecule has 1 saturated carbocycles. The lowest BCUT2D eigenvalue weighted by Gasteiger charge is -2.36. The summed E-state index contributed by atoms with van der Waals surface area (Å²) in [5.74, 6) is 2.21. The molecular formula is C15H27N3O. The summed E-state index contributed by atoms with van der Waals surface area (Å²) >= 11 is 0. The van der Waals surface area contributed by atoms with Crippen LogP contribution in [0.2, 0.25) is 0 Å². The summed E-state index contributed by atoms with van der Waals surface area (Å²) in [5.41, 5.74) is 0.427. The topological polar surface area (TPSA) is 51.0 Å². The van der Waals surface area contributed by atoms with Crippen LogP contribution in [0.25, 0.3) is 0 Å². The first-order valence-electron chi connectivity index (χ1n) is 7.58. The number of nitrogens with one attached hydrogen (secondary N) is 1. The van der Waals surface area contributed by atoms with Gasteiger partial charge in [-0.25, -0.2) is 0 Å². The van der Waals surface area contributed by atoms with Gasteiger partial charge >= 0.3 is 6.01 Å². The summed E-state index contributed by atoms with van der Waals surface area (Å²) in [5, 5.41) is 7.28. The van der Waals surface area contributed by atoms with E-state index < -0.39 is 0 Å². The van der Waals surface area contributed by atoms with Crippen LogP contribution in [-0.2, 0) is 0 Å². The maximum atomic E-state index is 5.24. The van der Waals surface area contributed by atoms with E-state index in [0.29, 0.717) is 17.3 Å². The van der Waals surface area contributed by atoms with Gasteiger partial charge in [-0.2, -0.15) is 4.98 Å². The molecule has 0 atom stereocenters. The van der Waals surface area contributed by atoms with Crippen molar-refractivity contribution in [3.8, 4) is 0 Å². The van der Waals surface area contributed by atoms with Gasteiger partial charge in [-0.05, 0) is 43.4 Å². The highest BCUT2D eigenvalue weighted by molar-refractivity contribution is 5.19.